The SMILES string of the molecule is NCc1nc(C(=O)Nc2ccccc2I)cs1. The summed E-state index contributed by atoms with van der Waals surface area (Å²) in [5.74, 6) is -0.204. The number of hydrogen-bond acceptors (Lipinski definition) is 4. The summed E-state index contributed by atoms with van der Waals surface area (Å²) in [6.07, 6.45) is 0. The van der Waals surface area contributed by atoms with Crippen molar-refractivity contribution in [1.29, 1.82) is 0 Å². The van der Waals surface area contributed by atoms with Crippen molar-refractivity contribution in [2.75, 3.05) is 5.32 Å². The molecule has 0 fully saturated rings. The van der Waals surface area contributed by atoms with E-state index in [1.54, 1.807) is 5.38 Å². The van der Waals surface area contributed by atoms with Crippen molar-refractivity contribution in [3.8, 4) is 0 Å². The summed E-state index contributed by atoms with van der Waals surface area (Å²) < 4.78 is 0.993. The van der Waals surface area contributed by atoms with Crippen molar-refractivity contribution in [3.05, 3.63) is 43.9 Å². The summed E-state index contributed by atoms with van der Waals surface area (Å²) in [5, 5.41) is 5.30. The molecule has 1 aromatic carbocycles. The molecule has 17 heavy (non-hydrogen) atoms. The maximum atomic E-state index is 11.9. The van der Waals surface area contributed by atoms with Gasteiger partial charge in [-0.1, -0.05) is 12.1 Å². The van der Waals surface area contributed by atoms with Crippen molar-refractivity contribution in [1.82, 2.24) is 4.98 Å². The minimum absolute atomic E-state index is 0.204. The molecule has 0 saturated heterocycles. The van der Waals surface area contributed by atoms with Gasteiger partial charge < -0.3 is 11.1 Å². The third kappa shape index (κ3) is 3.02. The lowest BCUT2D eigenvalue weighted by Crippen LogP contribution is -2.13. The highest BCUT2D eigenvalue weighted by molar-refractivity contribution is 14.1. The second-order valence-electron chi connectivity index (χ2n) is 3.26. The predicted molar refractivity (Wildman–Crippen MR) is 77.1 cm³/mol. The highest BCUT2D eigenvalue weighted by Crippen LogP contribution is 2.18. The van der Waals surface area contributed by atoms with Crippen molar-refractivity contribution < 1.29 is 4.79 Å². The summed E-state index contributed by atoms with van der Waals surface area (Å²) in [7, 11) is 0. The van der Waals surface area contributed by atoms with Gasteiger partial charge in [-0.3, -0.25) is 4.79 Å². The lowest BCUT2D eigenvalue weighted by molar-refractivity contribution is 0.102. The number of hydrogen-bond donors (Lipinski definition) is 2. The van der Waals surface area contributed by atoms with Crippen LogP contribution in [0.25, 0.3) is 0 Å². The Morgan fingerprint density at radius 3 is 2.88 bits per heavy atom. The minimum atomic E-state index is -0.204. The third-order valence-electron chi connectivity index (χ3n) is 2.08. The number of carbonyl (C=O) groups excluding carboxylic acids is 1. The molecule has 0 atom stereocenters. The van der Waals surface area contributed by atoms with Crippen LogP contribution in [0.3, 0.4) is 0 Å². The largest absolute Gasteiger partial charge is 0.325 e. The average molecular weight is 359 g/mol. The van der Waals surface area contributed by atoms with Gasteiger partial charge in [0.05, 0.1) is 5.69 Å². The Morgan fingerprint density at radius 2 is 2.24 bits per heavy atom. The fraction of sp³-hybridized carbons (Fsp3) is 0.0909. The smallest absolute Gasteiger partial charge is 0.275 e. The summed E-state index contributed by atoms with van der Waals surface area (Å²) >= 11 is 3.57. The number of amides is 1. The fourth-order valence-electron chi connectivity index (χ4n) is 1.26. The molecule has 6 heteroatoms. The normalized spacial score (nSPS) is 10.2. The quantitative estimate of drug-likeness (QED) is 0.828. The molecule has 1 amide bonds. The van der Waals surface area contributed by atoms with Crippen LogP contribution in [-0.4, -0.2) is 10.9 Å². The summed E-state index contributed by atoms with van der Waals surface area (Å²) in [6, 6.07) is 7.59. The summed E-state index contributed by atoms with van der Waals surface area (Å²) in [5.41, 5.74) is 6.66. The predicted octanol–water partition coefficient (Wildman–Crippen LogP) is 2.46. The first-order valence-corrected chi connectivity index (χ1v) is 6.87. The first-order valence-electron chi connectivity index (χ1n) is 4.91. The molecule has 2 aromatic rings. The van der Waals surface area contributed by atoms with E-state index in [9.17, 15) is 4.79 Å². The number of benzene rings is 1. The van der Waals surface area contributed by atoms with Crippen molar-refractivity contribution in [2.24, 2.45) is 5.73 Å². The number of para-hydroxylation sites is 1. The van der Waals surface area contributed by atoms with E-state index in [2.05, 4.69) is 32.9 Å². The van der Waals surface area contributed by atoms with Crippen molar-refractivity contribution in [3.63, 3.8) is 0 Å². The zero-order valence-corrected chi connectivity index (χ0v) is 11.8. The molecule has 3 N–H and O–H groups in total. The van der Waals surface area contributed by atoms with E-state index in [1.165, 1.54) is 11.3 Å². The molecule has 1 heterocycles. The molecule has 0 unspecified atom stereocenters. The Morgan fingerprint density at radius 1 is 1.47 bits per heavy atom. The van der Waals surface area contributed by atoms with Gasteiger partial charge in [-0.25, -0.2) is 4.98 Å². The zero-order chi connectivity index (χ0) is 12.3. The van der Waals surface area contributed by atoms with Crippen molar-refractivity contribution in [2.45, 2.75) is 6.54 Å². The van der Waals surface area contributed by atoms with Crippen LogP contribution < -0.4 is 11.1 Å². The fourth-order valence-corrected chi connectivity index (χ4v) is 2.43. The van der Waals surface area contributed by atoms with Gasteiger partial charge in [-0.05, 0) is 34.7 Å². The van der Waals surface area contributed by atoms with E-state index >= 15 is 0 Å². The molecule has 4 nitrogen and oxygen atoms in total. The topological polar surface area (TPSA) is 68.0 Å². The molecule has 0 saturated carbocycles. The maximum absolute atomic E-state index is 11.9. The van der Waals surface area contributed by atoms with Crippen LogP contribution in [-0.2, 0) is 6.54 Å². The van der Waals surface area contributed by atoms with Gasteiger partial charge in [-0.15, -0.1) is 11.3 Å². The van der Waals surface area contributed by atoms with Crippen LogP contribution >= 0.6 is 33.9 Å². The number of halogens is 1. The van der Waals surface area contributed by atoms with Crippen LogP contribution in [0.4, 0.5) is 5.69 Å². The molecule has 1 aromatic heterocycles. The second-order valence-corrected chi connectivity index (χ2v) is 5.37. The Bertz CT molecular complexity index is 541. The van der Waals surface area contributed by atoms with Crippen LogP contribution in [0.15, 0.2) is 29.6 Å². The van der Waals surface area contributed by atoms with E-state index in [-0.39, 0.29) is 5.91 Å². The van der Waals surface area contributed by atoms with Crippen LogP contribution in [0.5, 0.6) is 0 Å². The van der Waals surface area contributed by atoms with Crippen LogP contribution in [0, 0.1) is 3.57 Å². The zero-order valence-electron chi connectivity index (χ0n) is 8.81. The molecule has 0 aliphatic carbocycles. The first kappa shape index (κ1) is 12.5. The van der Waals surface area contributed by atoms with Crippen LogP contribution in [0.2, 0.25) is 0 Å². The molecule has 0 aliphatic rings. The van der Waals surface area contributed by atoms with Gasteiger partial charge >= 0.3 is 0 Å². The summed E-state index contributed by atoms with van der Waals surface area (Å²) in [6.45, 7) is 0.362. The van der Waals surface area contributed by atoms with E-state index in [1.807, 2.05) is 24.3 Å². The number of aromatic nitrogens is 1. The van der Waals surface area contributed by atoms with Gasteiger partial charge in [0.1, 0.15) is 10.7 Å². The van der Waals surface area contributed by atoms with Gasteiger partial charge in [0.25, 0.3) is 5.91 Å². The molecule has 2 rings (SSSR count). The Hall–Kier alpha value is -0.990. The molecule has 0 radical (unpaired) electrons. The number of anilines is 1. The summed E-state index contributed by atoms with van der Waals surface area (Å²) in [4.78, 5) is 16.0. The van der Waals surface area contributed by atoms with Gasteiger partial charge in [0.2, 0.25) is 0 Å². The number of nitrogens with one attached hydrogen (secondary N) is 1. The third-order valence-corrected chi connectivity index (χ3v) is 3.89. The molecule has 0 aliphatic heterocycles. The van der Waals surface area contributed by atoms with E-state index in [0.29, 0.717) is 12.2 Å². The average Bonchev–Trinajstić information content (AvgIpc) is 2.81. The highest BCUT2D eigenvalue weighted by Gasteiger charge is 2.11. The van der Waals surface area contributed by atoms with Crippen molar-refractivity contribution >= 4 is 45.5 Å². The number of nitrogens with two attached hydrogens (primary N) is 1. The van der Waals surface area contributed by atoms with E-state index < -0.39 is 0 Å². The standard InChI is InChI=1S/C11H10IN3OS/c12-7-3-1-2-4-8(7)15-11(16)9-6-17-10(5-13)14-9/h1-4,6H,5,13H2,(H,15,16). The Labute approximate surface area is 116 Å². The van der Waals surface area contributed by atoms with Gasteiger partial charge in [0.15, 0.2) is 0 Å². The van der Waals surface area contributed by atoms with Gasteiger partial charge in [-0.2, -0.15) is 0 Å². The lowest BCUT2D eigenvalue weighted by atomic mass is 10.3. The number of nitrogens with zero attached hydrogens (tertiary/aromatic N) is 1. The lowest BCUT2D eigenvalue weighted by Gasteiger charge is -2.04. The van der Waals surface area contributed by atoms with E-state index in [4.69, 9.17) is 5.73 Å². The maximum Gasteiger partial charge on any atom is 0.275 e. The molecule has 88 valence electrons. The molecule has 0 spiro atoms. The minimum Gasteiger partial charge on any atom is -0.325 e. The second kappa shape index (κ2) is 5.56. The first-order chi connectivity index (χ1) is 8.20. The molecular formula is C11H10IN3OS. The van der Waals surface area contributed by atoms with Crippen LogP contribution in [0.1, 0.15) is 15.5 Å². The number of rotatable bonds is 3. The van der Waals surface area contributed by atoms with E-state index in [0.717, 1.165) is 14.3 Å². The Kier molecular flexibility index (Phi) is 4.08. The molecule has 0 bridgehead atoms. The number of thiazole rings is 1. The molecular weight excluding hydrogens is 349 g/mol. The number of carbonyl (C=O) groups is 1. The Balaban J connectivity index is 2.14. The highest BCUT2D eigenvalue weighted by atomic mass is 127. The van der Waals surface area contributed by atoms with Gasteiger partial charge in [0, 0.05) is 15.5 Å². The monoisotopic (exact) mass is 359 g/mol.